The molecule has 1 rings (SSSR count). The topological polar surface area (TPSA) is 64.3 Å². The van der Waals surface area contributed by atoms with E-state index < -0.39 is 6.10 Å². The Bertz CT molecular complexity index is 390. The van der Waals surface area contributed by atoms with Gasteiger partial charge in [0.25, 0.3) is 5.91 Å². The summed E-state index contributed by atoms with van der Waals surface area (Å²) in [6.45, 7) is 3.97. The van der Waals surface area contributed by atoms with Crippen molar-refractivity contribution in [3.05, 3.63) is 28.7 Å². The van der Waals surface area contributed by atoms with Crippen LogP contribution in [0.3, 0.4) is 0 Å². The van der Waals surface area contributed by atoms with Gasteiger partial charge in [-0.2, -0.15) is 0 Å². The number of halogens is 2. The minimum absolute atomic E-state index is 0. The third-order valence-corrected chi connectivity index (χ3v) is 2.71. The summed E-state index contributed by atoms with van der Waals surface area (Å²) in [5.74, 6) is 0.491. The van der Waals surface area contributed by atoms with Gasteiger partial charge in [0.15, 0.2) is 6.10 Å². The third-order valence-electron chi connectivity index (χ3n) is 2.22. The van der Waals surface area contributed by atoms with E-state index in [1.54, 1.807) is 13.0 Å². The van der Waals surface area contributed by atoms with Crippen LogP contribution in [0, 0.1) is 0 Å². The quantitative estimate of drug-likeness (QED) is 0.865. The van der Waals surface area contributed by atoms with Gasteiger partial charge in [-0.15, -0.1) is 12.4 Å². The molecule has 0 heterocycles. The number of carbonyl (C=O) groups is 1. The Hall–Kier alpha value is -0.780. The highest BCUT2D eigenvalue weighted by atomic mass is 79.9. The zero-order chi connectivity index (χ0) is 12.8. The number of hydrogen-bond donors (Lipinski definition) is 2. The van der Waals surface area contributed by atoms with Gasteiger partial charge < -0.3 is 15.8 Å². The summed E-state index contributed by atoms with van der Waals surface area (Å²) < 4.78 is 6.43. The monoisotopic (exact) mass is 336 g/mol. The summed E-state index contributed by atoms with van der Waals surface area (Å²) >= 11 is 3.34. The van der Waals surface area contributed by atoms with Crippen molar-refractivity contribution in [1.29, 1.82) is 0 Å². The molecule has 0 saturated heterocycles. The molecule has 0 aliphatic heterocycles. The molecule has 0 aliphatic rings. The first kappa shape index (κ1) is 17.2. The largest absolute Gasteiger partial charge is 0.481 e. The number of rotatable bonds is 5. The number of nitrogens with two attached hydrogens (primary N) is 1. The number of benzene rings is 1. The van der Waals surface area contributed by atoms with Crippen LogP contribution in [0.2, 0.25) is 0 Å². The smallest absolute Gasteiger partial charge is 0.261 e. The van der Waals surface area contributed by atoms with Crippen LogP contribution in [-0.4, -0.2) is 24.6 Å². The number of amides is 1. The van der Waals surface area contributed by atoms with Gasteiger partial charge in [-0.25, -0.2) is 0 Å². The van der Waals surface area contributed by atoms with Crippen molar-refractivity contribution in [2.75, 3.05) is 6.54 Å². The molecule has 102 valence electrons. The van der Waals surface area contributed by atoms with Crippen molar-refractivity contribution in [3.63, 3.8) is 0 Å². The first-order valence-corrected chi connectivity index (χ1v) is 6.25. The molecule has 18 heavy (non-hydrogen) atoms. The highest BCUT2D eigenvalue weighted by molar-refractivity contribution is 9.10. The Morgan fingerprint density at radius 2 is 2.17 bits per heavy atom. The van der Waals surface area contributed by atoms with Crippen molar-refractivity contribution >= 4 is 34.2 Å². The maximum atomic E-state index is 11.7. The van der Waals surface area contributed by atoms with E-state index in [-0.39, 0.29) is 24.4 Å². The molecule has 0 aliphatic carbocycles. The molecule has 1 unspecified atom stereocenters. The summed E-state index contributed by atoms with van der Waals surface area (Å²) in [5, 5.41) is 2.76. The van der Waals surface area contributed by atoms with E-state index in [4.69, 9.17) is 10.5 Å². The molecule has 0 saturated carbocycles. The van der Waals surface area contributed by atoms with Crippen molar-refractivity contribution in [2.24, 2.45) is 5.73 Å². The third kappa shape index (κ3) is 5.71. The van der Waals surface area contributed by atoms with Crippen molar-refractivity contribution in [1.82, 2.24) is 5.32 Å². The summed E-state index contributed by atoms with van der Waals surface area (Å²) in [6, 6.07) is 7.33. The first-order valence-electron chi connectivity index (χ1n) is 5.45. The van der Waals surface area contributed by atoms with Gasteiger partial charge in [0.2, 0.25) is 0 Å². The van der Waals surface area contributed by atoms with Crippen LogP contribution in [0.5, 0.6) is 5.75 Å². The molecule has 4 nitrogen and oxygen atoms in total. The van der Waals surface area contributed by atoms with Crippen LogP contribution in [0.25, 0.3) is 0 Å². The van der Waals surface area contributed by atoms with Crippen LogP contribution >= 0.6 is 28.3 Å². The number of carbonyl (C=O) groups excluding carboxylic acids is 1. The maximum Gasteiger partial charge on any atom is 0.261 e. The molecule has 3 N–H and O–H groups in total. The highest BCUT2D eigenvalue weighted by Crippen LogP contribution is 2.18. The van der Waals surface area contributed by atoms with Gasteiger partial charge >= 0.3 is 0 Å². The second kappa shape index (κ2) is 8.34. The van der Waals surface area contributed by atoms with Gasteiger partial charge in [-0.3, -0.25) is 4.79 Å². The molecule has 6 heteroatoms. The molecule has 0 fully saturated rings. The average Bonchev–Trinajstić information content (AvgIpc) is 2.28. The molecule has 1 amide bonds. The fraction of sp³-hybridized carbons (Fsp3) is 0.417. The fourth-order valence-corrected chi connectivity index (χ4v) is 1.60. The first-order chi connectivity index (χ1) is 8.02. The minimum atomic E-state index is -0.543. The Labute approximate surface area is 122 Å². The average molecular weight is 338 g/mol. The molecular weight excluding hydrogens is 320 g/mol. The van der Waals surface area contributed by atoms with Gasteiger partial charge in [-0.05, 0) is 32.0 Å². The lowest BCUT2D eigenvalue weighted by Crippen LogP contribution is -2.44. The van der Waals surface area contributed by atoms with Gasteiger partial charge in [0.1, 0.15) is 5.75 Å². The SMILES string of the molecule is CC(Oc1cccc(Br)c1)C(=O)N[C@@H](C)CN.Cl. The normalized spacial score (nSPS) is 13.1. The van der Waals surface area contributed by atoms with E-state index in [1.165, 1.54) is 0 Å². The molecule has 0 spiro atoms. The standard InChI is InChI=1S/C12H17BrN2O2.ClH/c1-8(7-14)15-12(16)9(2)17-11-5-3-4-10(13)6-11;/h3-6,8-9H,7,14H2,1-2H3,(H,15,16);1H/t8-,9?;/m0./s1. The summed E-state index contributed by atoms with van der Waals surface area (Å²) in [4.78, 5) is 11.7. The van der Waals surface area contributed by atoms with Gasteiger partial charge in [0.05, 0.1) is 0 Å². The Kier molecular flexibility index (Phi) is 7.98. The summed E-state index contributed by atoms with van der Waals surface area (Å²) in [6.07, 6.45) is -0.543. The predicted molar refractivity (Wildman–Crippen MR) is 78.1 cm³/mol. The Morgan fingerprint density at radius 3 is 2.72 bits per heavy atom. The lowest BCUT2D eigenvalue weighted by molar-refractivity contribution is -0.127. The van der Waals surface area contributed by atoms with Crippen LogP contribution in [0.1, 0.15) is 13.8 Å². The predicted octanol–water partition coefficient (Wildman–Crippen LogP) is 2.10. The van der Waals surface area contributed by atoms with Crippen molar-refractivity contribution in [2.45, 2.75) is 26.0 Å². The lowest BCUT2D eigenvalue weighted by atomic mass is 10.3. The Morgan fingerprint density at radius 1 is 1.50 bits per heavy atom. The van der Waals surface area contributed by atoms with E-state index in [2.05, 4.69) is 21.2 Å². The molecule has 2 atom stereocenters. The summed E-state index contributed by atoms with van der Waals surface area (Å²) in [5.41, 5.74) is 5.43. The van der Waals surface area contributed by atoms with E-state index in [0.717, 1.165) is 4.47 Å². The summed E-state index contributed by atoms with van der Waals surface area (Å²) in [7, 11) is 0. The zero-order valence-corrected chi connectivity index (χ0v) is 12.8. The van der Waals surface area contributed by atoms with Gasteiger partial charge in [-0.1, -0.05) is 22.0 Å². The molecular formula is C12H18BrClN2O2. The fourth-order valence-electron chi connectivity index (χ4n) is 1.22. The number of hydrogen-bond acceptors (Lipinski definition) is 3. The molecule has 1 aromatic rings. The van der Waals surface area contributed by atoms with E-state index in [1.807, 2.05) is 25.1 Å². The van der Waals surface area contributed by atoms with Crippen LogP contribution in [0.4, 0.5) is 0 Å². The molecule has 1 aromatic carbocycles. The maximum absolute atomic E-state index is 11.7. The van der Waals surface area contributed by atoms with Crippen LogP contribution < -0.4 is 15.8 Å². The highest BCUT2D eigenvalue weighted by Gasteiger charge is 2.16. The van der Waals surface area contributed by atoms with E-state index in [0.29, 0.717) is 12.3 Å². The zero-order valence-electron chi connectivity index (χ0n) is 10.4. The van der Waals surface area contributed by atoms with E-state index >= 15 is 0 Å². The van der Waals surface area contributed by atoms with Gasteiger partial charge in [0, 0.05) is 17.1 Å². The van der Waals surface area contributed by atoms with Crippen LogP contribution in [-0.2, 0) is 4.79 Å². The van der Waals surface area contributed by atoms with Crippen molar-refractivity contribution in [3.8, 4) is 5.75 Å². The number of ether oxygens (including phenoxy) is 1. The van der Waals surface area contributed by atoms with Crippen molar-refractivity contribution < 1.29 is 9.53 Å². The lowest BCUT2D eigenvalue weighted by Gasteiger charge is -2.17. The Balaban J connectivity index is 0.00000289. The molecule has 0 bridgehead atoms. The second-order valence-electron chi connectivity index (χ2n) is 3.86. The molecule has 0 radical (unpaired) electrons. The molecule has 0 aromatic heterocycles. The second-order valence-corrected chi connectivity index (χ2v) is 4.78. The van der Waals surface area contributed by atoms with Crippen LogP contribution in [0.15, 0.2) is 28.7 Å². The van der Waals surface area contributed by atoms with E-state index in [9.17, 15) is 4.79 Å². The number of nitrogens with one attached hydrogen (secondary N) is 1. The minimum Gasteiger partial charge on any atom is -0.481 e.